The molecule has 0 aromatic carbocycles. The fourth-order valence-corrected chi connectivity index (χ4v) is 3.39. The van der Waals surface area contributed by atoms with Crippen molar-refractivity contribution < 1.29 is 4.79 Å². The van der Waals surface area contributed by atoms with Crippen molar-refractivity contribution in [3.05, 3.63) is 0 Å². The summed E-state index contributed by atoms with van der Waals surface area (Å²) in [5.41, 5.74) is 0. The zero-order chi connectivity index (χ0) is 13.8. The summed E-state index contributed by atoms with van der Waals surface area (Å²) >= 11 is 0. The highest BCUT2D eigenvalue weighted by Crippen LogP contribution is 2.21. The number of nitrogens with zero attached hydrogens (tertiary/aromatic N) is 2. The van der Waals surface area contributed by atoms with Gasteiger partial charge < -0.3 is 15.1 Å². The van der Waals surface area contributed by atoms with Crippen LogP contribution >= 0.6 is 0 Å². The van der Waals surface area contributed by atoms with Crippen LogP contribution in [-0.4, -0.2) is 62.0 Å². The van der Waals surface area contributed by atoms with E-state index in [0.717, 1.165) is 25.9 Å². The largest absolute Gasteiger partial charge is 0.345 e. The molecule has 0 radical (unpaired) electrons. The molecule has 2 aliphatic heterocycles. The van der Waals surface area contributed by atoms with Crippen LogP contribution in [0.3, 0.4) is 0 Å². The second kappa shape index (κ2) is 6.71. The highest BCUT2D eigenvalue weighted by Gasteiger charge is 2.28. The second-order valence-electron chi connectivity index (χ2n) is 6.54. The van der Waals surface area contributed by atoms with Crippen molar-refractivity contribution in [2.75, 3.05) is 40.3 Å². The maximum absolute atomic E-state index is 12.5. The first-order chi connectivity index (χ1) is 9.06. The Hall–Kier alpha value is -0.610. The minimum absolute atomic E-state index is 0.243. The monoisotopic (exact) mass is 267 g/mol. The van der Waals surface area contributed by atoms with Crippen LogP contribution in [0, 0.1) is 11.8 Å². The third-order valence-corrected chi connectivity index (χ3v) is 4.72. The predicted molar refractivity (Wildman–Crippen MR) is 78.0 cm³/mol. The number of hydrogen-bond donors (Lipinski definition) is 1. The molecule has 0 bridgehead atoms. The van der Waals surface area contributed by atoms with Gasteiger partial charge in [-0.05, 0) is 65.2 Å². The molecule has 2 fully saturated rings. The molecule has 1 amide bonds. The van der Waals surface area contributed by atoms with Gasteiger partial charge in [0.15, 0.2) is 0 Å². The molecule has 2 rings (SSSR count). The van der Waals surface area contributed by atoms with Crippen LogP contribution < -0.4 is 5.32 Å². The van der Waals surface area contributed by atoms with E-state index < -0.39 is 0 Å². The molecule has 0 aliphatic carbocycles. The first-order valence-corrected chi connectivity index (χ1v) is 7.73. The molecule has 0 aromatic rings. The lowest BCUT2D eigenvalue weighted by Crippen LogP contribution is -2.45. The van der Waals surface area contributed by atoms with Crippen LogP contribution in [-0.2, 0) is 4.79 Å². The van der Waals surface area contributed by atoms with E-state index in [0.29, 0.717) is 17.9 Å². The van der Waals surface area contributed by atoms with E-state index in [2.05, 4.69) is 24.2 Å². The fraction of sp³-hybridized carbons (Fsp3) is 0.933. The number of hydrogen-bond acceptors (Lipinski definition) is 3. The third-order valence-electron chi connectivity index (χ3n) is 4.72. The van der Waals surface area contributed by atoms with Gasteiger partial charge in [-0.15, -0.1) is 0 Å². The summed E-state index contributed by atoms with van der Waals surface area (Å²) in [6.07, 6.45) is 4.46. The lowest BCUT2D eigenvalue weighted by atomic mass is 9.91. The van der Waals surface area contributed by atoms with Gasteiger partial charge in [0.2, 0.25) is 5.91 Å². The Kier molecular flexibility index (Phi) is 5.22. The Balaban J connectivity index is 1.78. The van der Waals surface area contributed by atoms with E-state index >= 15 is 0 Å². The van der Waals surface area contributed by atoms with Crippen LogP contribution in [0.2, 0.25) is 0 Å². The topological polar surface area (TPSA) is 35.6 Å². The molecule has 1 N–H and O–H groups in total. The van der Waals surface area contributed by atoms with Crippen LogP contribution in [0.15, 0.2) is 0 Å². The predicted octanol–water partition coefficient (Wildman–Crippen LogP) is 1.17. The Morgan fingerprint density at radius 1 is 1.32 bits per heavy atom. The number of carbonyl (C=O) groups is 1. The number of piperidine rings is 2. The van der Waals surface area contributed by atoms with Crippen LogP contribution in [0.4, 0.5) is 0 Å². The van der Waals surface area contributed by atoms with Gasteiger partial charge in [0.25, 0.3) is 0 Å². The molecule has 4 heteroatoms. The molecule has 2 aliphatic rings. The van der Waals surface area contributed by atoms with Gasteiger partial charge in [-0.1, -0.05) is 0 Å². The molecule has 0 aromatic heterocycles. The summed E-state index contributed by atoms with van der Waals surface area (Å²) < 4.78 is 0. The molecule has 4 nitrogen and oxygen atoms in total. The van der Waals surface area contributed by atoms with Gasteiger partial charge in [0, 0.05) is 25.6 Å². The molecule has 2 saturated heterocycles. The van der Waals surface area contributed by atoms with Crippen LogP contribution in [0.1, 0.15) is 32.6 Å². The minimum Gasteiger partial charge on any atom is -0.345 e. The zero-order valence-corrected chi connectivity index (χ0v) is 12.7. The van der Waals surface area contributed by atoms with E-state index in [4.69, 9.17) is 0 Å². The van der Waals surface area contributed by atoms with Gasteiger partial charge in [0.05, 0.1) is 0 Å². The summed E-state index contributed by atoms with van der Waals surface area (Å²) in [6, 6.07) is 0.486. The van der Waals surface area contributed by atoms with Crippen LogP contribution in [0.25, 0.3) is 0 Å². The number of amides is 1. The van der Waals surface area contributed by atoms with E-state index in [1.807, 2.05) is 11.9 Å². The average Bonchev–Trinajstić information content (AvgIpc) is 2.40. The number of nitrogens with one attached hydrogen (secondary N) is 1. The van der Waals surface area contributed by atoms with Crippen molar-refractivity contribution in [3.8, 4) is 0 Å². The standard InChI is InChI=1S/C15H29N3O/c1-12-10-14(4-7-16-12)15(19)18(3)11-13-5-8-17(2)9-6-13/h12-14,16H,4-11H2,1-3H3/t12-,14-/m0/s1. The number of likely N-dealkylation sites (tertiary alicyclic amines) is 1. The number of carbonyl (C=O) groups excluding carboxylic acids is 1. The lowest BCUT2D eigenvalue weighted by Gasteiger charge is -2.34. The van der Waals surface area contributed by atoms with Crippen molar-refractivity contribution in [1.82, 2.24) is 15.1 Å². The molecule has 0 saturated carbocycles. The molecule has 0 spiro atoms. The first kappa shape index (κ1) is 14.8. The van der Waals surface area contributed by atoms with Crippen molar-refractivity contribution in [3.63, 3.8) is 0 Å². The first-order valence-electron chi connectivity index (χ1n) is 7.73. The van der Waals surface area contributed by atoms with Crippen LogP contribution in [0.5, 0.6) is 0 Å². The van der Waals surface area contributed by atoms with E-state index in [9.17, 15) is 4.79 Å². The van der Waals surface area contributed by atoms with Gasteiger partial charge >= 0.3 is 0 Å². The summed E-state index contributed by atoms with van der Waals surface area (Å²) in [5, 5.41) is 3.42. The SMILES string of the molecule is C[C@H]1C[C@@H](C(=O)N(C)CC2CCN(C)CC2)CCN1. The van der Waals surface area contributed by atoms with Gasteiger partial charge in [-0.2, -0.15) is 0 Å². The van der Waals surface area contributed by atoms with Crippen molar-refractivity contribution in [2.24, 2.45) is 11.8 Å². The van der Waals surface area contributed by atoms with Crippen molar-refractivity contribution >= 4 is 5.91 Å². The quantitative estimate of drug-likeness (QED) is 0.834. The van der Waals surface area contributed by atoms with Gasteiger partial charge in [-0.3, -0.25) is 4.79 Å². The average molecular weight is 267 g/mol. The molecule has 0 unspecified atom stereocenters. The Labute approximate surface area is 117 Å². The summed E-state index contributed by atoms with van der Waals surface area (Å²) in [6.45, 7) is 6.47. The zero-order valence-electron chi connectivity index (χ0n) is 12.7. The van der Waals surface area contributed by atoms with Crippen molar-refractivity contribution in [2.45, 2.75) is 38.6 Å². The van der Waals surface area contributed by atoms with E-state index in [1.165, 1.54) is 25.9 Å². The highest BCUT2D eigenvalue weighted by atomic mass is 16.2. The molecule has 2 heterocycles. The maximum atomic E-state index is 12.5. The second-order valence-corrected chi connectivity index (χ2v) is 6.54. The van der Waals surface area contributed by atoms with Gasteiger partial charge in [0.1, 0.15) is 0 Å². The third kappa shape index (κ3) is 4.18. The molecular formula is C15H29N3O. The molecular weight excluding hydrogens is 238 g/mol. The molecule has 110 valence electrons. The summed E-state index contributed by atoms with van der Waals surface area (Å²) in [4.78, 5) is 16.8. The maximum Gasteiger partial charge on any atom is 0.225 e. The highest BCUT2D eigenvalue weighted by molar-refractivity contribution is 5.78. The number of rotatable bonds is 3. The smallest absolute Gasteiger partial charge is 0.225 e. The Morgan fingerprint density at radius 2 is 2.00 bits per heavy atom. The molecule has 19 heavy (non-hydrogen) atoms. The summed E-state index contributed by atoms with van der Waals surface area (Å²) in [5.74, 6) is 1.31. The minimum atomic E-state index is 0.243. The van der Waals surface area contributed by atoms with Gasteiger partial charge in [-0.25, -0.2) is 0 Å². The Bertz CT molecular complexity index is 300. The summed E-state index contributed by atoms with van der Waals surface area (Å²) in [7, 11) is 4.18. The molecule has 2 atom stereocenters. The van der Waals surface area contributed by atoms with Crippen molar-refractivity contribution in [1.29, 1.82) is 0 Å². The van der Waals surface area contributed by atoms with E-state index in [1.54, 1.807) is 0 Å². The van der Waals surface area contributed by atoms with E-state index in [-0.39, 0.29) is 5.92 Å². The fourth-order valence-electron chi connectivity index (χ4n) is 3.39. The Morgan fingerprint density at radius 3 is 2.63 bits per heavy atom. The normalized spacial score (nSPS) is 30.3. The lowest BCUT2D eigenvalue weighted by molar-refractivity contribution is -0.136.